The van der Waals surface area contributed by atoms with Crippen LogP contribution in [0.5, 0.6) is 0 Å². The molecule has 2 heterocycles. The number of benzene rings is 2. The number of aromatic amines is 1. The van der Waals surface area contributed by atoms with Crippen LogP contribution < -0.4 is 10.6 Å². The number of aromatic nitrogens is 1. The van der Waals surface area contributed by atoms with Crippen LogP contribution in [-0.2, 0) is 27.4 Å². The molecular formula is C23H23BrN4O4. The van der Waals surface area contributed by atoms with E-state index >= 15 is 0 Å². The molecule has 0 radical (unpaired) electrons. The number of rotatable bonds is 8. The maximum atomic E-state index is 13.0. The lowest BCUT2D eigenvalue weighted by molar-refractivity contribution is -0.123. The molecule has 4 rings (SSSR count). The van der Waals surface area contributed by atoms with E-state index in [1.807, 2.05) is 60.8 Å². The lowest BCUT2D eigenvalue weighted by Crippen LogP contribution is -2.49. The molecule has 0 fully saturated rings. The van der Waals surface area contributed by atoms with Crippen LogP contribution in [0.1, 0.15) is 17.5 Å². The van der Waals surface area contributed by atoms with E-state index in [-0.39, 0.29) is 25.2 Å². The van der Waals surface area contributed by atoms with Gasteiger partial charge in [-0.05, 0) is 33.1 Å². The zero-order chi connectivity index (χ0) is 22.3. The van der Waals surface area contributed by atoms with Gasteiger partial charge in [0.1, 0.15) is 17.3 Å². The number of carbonyl (C=O) groups excluding carboxylic acids is 2. The lowest BCUT2D eigenvalue weighted by Gasteiger charge is -2.19. The lowest BCUT2D eigenvalue weighted by atomic mass is 10.0. The molecule has 0 spiro atoms. The van der Waals surface area contributed by atoms with E-state index < -0.39 is 12.1 Å². The second kappa shape index (κ2) is 10.3. The van der Waals surface area contributed by atoms with Crippen LogP contribution in [0, 0.1) is 0 Å². The molecule has 1 aliphatic heterocycles. The Kier molecular flexibility index (Phi) is 7.06. The molecule has 1 aromatic heterocycles. The summed E-state index contributed by atoms with van der Waals surface area (Å²) in [6, 6.07) is 16.4. The topological polar surface area (TPSA) is 105 Å². The number of H-pyrrole nitrogens is 1. The molecule has 1 aliphatic rings. The minimum absolute atomic E-state index is 0.120. The summed E-state index contributed by atoms with van der Waals surface area (Å²) in [5, 5.41) is 10.4. The van der Waals surface area contributed by atoms with Crippen LogP contribution in [0.4, 0.5) is 4.79 Å². The van der Waals surface area contributed by atoms with E-state index in [9.17, 15) is 9.59 Å². The molecule has 8 nitrogen and oxygen atoms in total. The van der Waals surface area contributed by atoms with E-state index in [2.05, 4.69) is 36.7 Å². The number of ether oxygens (including phenoxy) is 1. The van der Waals surface area contributed by atoms with Crippen molar-refractivity contribution in [3.63, 3.8) is 0 Å². The number of para-hydroxylation sites is 1. The fourth-order valence-corrected chi connectivity index (χ4v) is 3.92. The van der Waals surface area contributed by atoms with E-state index in [1.54, 1.807) is 0 Å². The van der Waals surface area contributed by atoms with E-state index in [0.29, 0.717) is 17.5 Å². The van der Waals surface area contributed by atoms with Gasteiger partial charge in [-0.25, -0.2) is 4.79 Å². The van der Waals surface area contributed by atoms with Gasteiger partial charge >= 0.3 is 6.09 Å². The summed E-state index contributed by atoms with van der Waals surface area (Å²) in [6.45, 7) is 0.401. The third-order valence-electron chi connectivity index (χ3n) is 5.12. The molecule has 9 heteroatoms. The Morgan fingerprint density at radius 2 is 1.97 bits per heavy atom. The second-order valence-corrected chi connectivity index (χ2v) is 8.38. The molecule has 3 aromatic rings. The monoisotopic (exact) mass is 498 g/mol. The van der Waals surface area contributed by atoms with Crippen molar-refractivity contribution in [2.75, 3.05) is 6.54 Å². The van der Waals surface area contributed by atoms with Gasteiger partial charge in [0, 0.05) is 29.9 Å². The van der Waals surface area contributed by atoms with Crippen LogP contribution in [0.3, 0.4) is 0 Å². The number of fused-ring (bicyclic) bond motifs is 1. The first kappa shape index (κ1) is 21.9. The first-order valence-corrected chi connectivity index (χ1v) is 11.1. The van der Waals surface area contributed by atoms with E-state index in [4.69, 9.17) is 9.57 Å². The number of carbonyl (C=O) groups is 2. The summed E-state index contributed by atoms with van der Waals surface area (Å²) < 4.78 is 6.02. The zero-order valence-corrected chi connectivity index (χ0v) is 18.8. The maximum Gasteiger partial charge on any atom is 0.408 e. The number of hydrogen-bond donors (Lipinski definition) is 3. The van der Waals surface area contributed by atoms with Crippen molar-refractivity contribution in [2.24, 2.45) is 5.16 Å². The predicted octanol–water partition coefficient (Wildman–Crippen LogP) is 3.62. The highest BCUT2D eigenvalue weighted by molar-refractivity contribution is 9.18. The van der Waals surface area contributed by atoms with Gasteiger partial charge in [-0.2, -0.15) is 0 Å². The van der Waals surface area contributed by atoms with Gasteiger partial charge in [0.2, 0.25) is 5.91 Å². The van der Waals surface area contributed by atoms with Gasteiger partial charge in [-0.1, -0.05) is 53.7 Å². The summed E-state index contributed by atoms with van der Waals surface area (Å²) in [5.74, 6) is -0.321. The van der Waals surface area contributed by atoms with Gasteiger partial charge in [-0.15, -0.1) is 0 Å². The molecule has 2 aromatic carbocycles. The summed E-state index contributed by atoms with van der Waals surface area (Å²) in [5.41, 5.74) is 2.76. The Balaban J connectivity index is 1.41. The van der Waals surface area contributed by atoms with E-state index in [0.717, 1.165) is 22.0 Å². The number of alkyl carbamates (subject to hydrolysis) is 1. The van der Waals surface area contributed by atoms with Crippen molar-refractivity contribution in [3.8, 4) is 0 Å². The fourth-order valence-electron chi connectivity index (χ4n) is 3.48. The second-order valence-electron chi connectivity index (χ2n) is 7.47. The Labute approximate surface area is 193 Å². The number of oxime groups is 1. The summed E-state index contributed by atoms with van der Waals surface area (Å²) in [6.07, 6.45) is 1.85. The van der Waals surface area contributed by atoms with Gasteiger partial charge in [-0.3, -0.25) is 4.79 Å². The molecule has 2 atom stereocenters. The number of amides is 2. The summed E-state index contributed by atoms with van der Waals surface area (Å²) in [7, 11) is 0. The summed E-state index contributed by atoms with van der Waals surface area (Å²) >= 11 is 3.28. The molecule has 166 valence electrons. The highest BCUT2D eigenvalue weighted by atomic mass is 79.9. The quantitative estimate of drug-likeness (QED) is 0.441. The first-order chi connectivity index (χ1) is 15.6. The summed E-state index contributed by atoms with van der Waals surface area (Å²) in [4.78, 5) is 33.8. The van der Waals surface area contributed by atoms with Gasteiger partial charge in [0.05, 0.1) is 6.54 Å². The molecule has 0 aliphatic carbocycles. The number of hydrogen-bond acceptors (Lipinski definition) is 5. The molecule has 0 saturated carbocycles. The van der Waals surface area contributed by atoms with Crippen molar-refractivity contribution < 1.29 is 19.2 Å². The number of nitrogens with zero attached hydrogens (tertiary/aromatic N) is 1. The largest absolute Gasteiger partial charge is 0.445 e. The molecule has 3 N–H and O–H groups in total. The Morgan fingerprint density at radius 1 is 1.19 bits per heavy atom. The molecule has 1 unspecified atom stereocenters. The minimum Gasteiger partial charge on any atom is -0.445 e. The molecular weight excluding hydrogens is 476 g/mol. The molecule has 0 saturated heterocycles. The average molecular weight is 499 g/mol. The smallest absolute Gasteiger partial charge is 0.408 e. The first-order valence-electron chi connectivity index (χ1n) is 10.3. The maximum absolute atomic E-state index is 13.0. The van der Waals surface area contributed by atoms with Gasteiger partial charge < -0.3 is 25.2 Å². The predicted molar refractivity (Wildman–Crippen MR) is 124 cm³/mol. The number of nitrogens with one attached hydrogen (secondary N) is 3. The average Bonchev–Trinajstić information content (AvgIpc) is 3.42. The van der Waals surface area contributed by atoms with Crippen molar-refractivity contribution >= 4 is 43.5 Å². The number of halogens is 1. The Bertz CT molecular complexity index is 1120. The van der Waals surface area contributed by atoms with Crippen LogP contribution >= 0.6 is 15.9 Å². The highest BCUT2D eigenvalue weighted by Crippen LogP contribution is 2.19. The Morgan fingerprint density at radius 3 is 2.75 bits per heavy atom. The van der Waals surface area contributed by atoms with Gasteiger partial charge in [0.15, 0.2) is 6.10 Å². The van der Waals surface area contributed by atoms with Crippen molar-refractivity contribution in [2.45, 2.75) is 31.6 Å². The highest BCUT2D eigenvalue weighted by Gasteiger charge is 2.26. The van der Waals surface area contributed by atoms with Crippen LogP contribution in [-0.4, -0.2) is 40.3 Å². The van der Waals surface area contributed by atoms with Crippen molar-refractivity contribution in [1.29, 1.82) is 0 Å². The fraction of sp³-hybridized carbons (Fsp3) is 0.261. The molecule has 0 bridgehead atoms. The van der Waals surface area contributed by atoms with Crippen molar-refractivity contribution in [1.82, 2.24) is 15.6 Å². The van der Waals surface area contributed by atoms with Crippen LogP contribution in [0.2, 0.25) is 0 Å². The van der Waals surface area contributed by atoms with Gasteiger partial charge in [0.25, 0.3) is 0 Å². The SMILES string of the molecule is O=C(NC(Cc1c[nH]c2ccccc12)C(=O)NC[C@@H]1CC(Br)=NO1)OCc1ccccc1. The van der Waals surface area contributed by atoms with Crippen LogP contribution in [0.25, 0.3) is 10.9 Å². The third kappa shape index (κ3) is 5.67. The van der Waals surface area contributed by atoms with E-state index in [1.165, 1.54) is 0 Å². The third-order valence-corrected chi connectivity index (χ3v) is 5.59. The molecule has 32 heavy (non-hydrogen) atoms. The molecule has 2 amide bonds. The Hall–Kier alpha value is -3.33. The standard InChI is InChI=1S/C23H23BrN4O4/c24-21-11-17(32-28-21)13-26-22(29)20(10-16-12-25-19-9-5-4-8-18(16)19)27-23(30)31-14-15-6-2-1-3-7-15/h1-9,12,17,20,25H,10-11,13-14H2,(H,26,29)(H,27,30)/t17-,20?/m0/s1. The minimum atomic E-state index is -0.816. The zero-order valence-electron chi connectivity index (χ0n) is 17.2. The van der Waals surface area contributed by atoms with Crippen molar-refractivity contribution in [3.05, 3.63) is 71.9 Å². The van der Waals surface area contributed by atoms with Crippen LogP contribution in [0.15, 0.2) is 65.9 Å². The normalized spacial score (nSPS) is 16.2.